The lowest BCUT2D eigenvalue weighted by molar-refractivity contribution is 0.100. The minimum absolute atomic E-state index is 0.112. The van der Waals surface area contributed by atoms with Crippen molar-refractivity contribution in [2.45, 2.75) is 40.0 Å². The van der Waals surface area contributed by atoms with Crippen molar-refractivity contribution in [1.82, 2.24) is 10.2 Å². The van der Waals surface area contributed by atoms with Crippen LogP contribution in [-0.4, -0.2) is 23.2 Å². The fraction of sp³-hybridized carbons (Fsp3) is 0.318. The number of hydrogen-bond donors (Lipinski definition) is 1. The van der Waals surface area contributed by atoms with Gasteiger partial charge in [-0.05, 0) is 61.6 Å². The maximum atomic E-state index is 11.9. The van der Waals surface area contributed by atoms with Gasteiger partial charge < -0.3 is 10.5 Å². The van der Waals surface area contributed by atoms with E-state index in [1.165, 1.54) is 11.3 Å². The first-order valence-corrected chi connectivity index (χ1v) is 11.2. The van der Waals surface area contributed by atoms with E-state index < -0.39 is 5.91 Å². The van der Waals surface area contributed by atoms with E-state index in [0.717, 1.165) is 52.3 Å². The van der Waals surface area contributed by atoms with Gasteiger partial charge in [0.25, 0.3) is 5.91 Å². The molecule has 1 heterocycles. The summed E-state index contributed by atoms with van der Waals surface area (Å²) in [7, 11) is 1.66. The number of methoxy groups -OCH3 is 1. The SMILES string of the molecule is CCCCc1cc(Cl)c(C(N)=O)c(Cl)c1-c1nnc(-c2cc(C)c(OC)c(C)c2)s1. The Morgan fingerprint density at radius 3 is 2.33 bits per heavy atom. The standard InChI is InChI=1S/C22H23Cl2N3O2S/c1-5-6-7-13-10-15(23)17(20(25)28)18(24)16(13)22-27-26-21(30-22)14-8-11(2)19(29-4)12(3)9-14/h8-10H,5-7H2,1-4H3,(H2,25,28). The molecule has 0 fully saturated rings. The number of carbonyl (C=O) groups is 1. The van der Waals surface area contributed by atoms with Crippen LogP contribution in [0.5, 0.6) is 5.75 Å². The smallest absolute Gasteiger partial charge is 0.251 e. The van der Waals surface area contributed by atoms with Crippen LogP contribution in [0.2, 0.25) is 10.0 Å². The zero-order valence-corrected chi connectivity index (χ0v) is 19.6. The first-order chi connectivity index (χ1) is 14.3. The summed E-state index contributed by atoms with van der Waals surface area (Å²) in [5.74, 6) is 0.191. The molecule has 0 radical (unpaired) electrons. The van der Waals surface area contributed by atoms with Gasteiger partial charge in [0.1, 0.15) is 15.8 Å². The van der Waals surface area contributed by atoms with Gasteiger partial charge in [-0.1, -0.05) is 47.9 Å². The molecule has 2 aromatic carbocycles. The molecule has 0 unspecified atom stereocenters. The van der Waals surface area contributed by atoms with E-state index in [4.69, 9.17) is 33.7 Å². The molecule has 0 aliphatic rings. The fourth-order valence-corrected chi connectivity index (χ4v) is 5.27. The van der Waals surface area contributed by atoms with Crippen molar-refractivity contribution in [3.63, 3.8) is 0 Å². The summed E-state index contributed by atoms with van der Waals surface area (Å²) in [6, 6.07) is 5.81. The van der Waals surface area contributed by atoms with Crippen molar-refractivity contribution in [2.75, 3.05) is 7.11 Å². The monoisotopic (exact) mass is 463 g/mol. The highest BCUT2D eigenvalue weighted by molar-refractivity contribution is 7.18. The van der Waals surface area contributed by atoms with Gasteiger partial charge in [-0.3, -0.25) is 4.79 Å². The van der Waals surface area contributed by atoms with E-state index in [-0.39, 0.29) is 15.6 Å². The van der Waals surface area contributed by atoms with Crippen molar-refractivity contribution in [1.29, 1.82) is 0 Å². The summed E-state index contributed by atoms with van der Waals surface area (Å²) in [6.07, 6.45) is 2.73. The normalized spacial score (nSPS) is 11.0. The van der Waals surface area contributed by atoms with E-state index in [1.807, 2.05) is 26.0 Å². The van der Waals surface area contributed by atoms with Crippen LogP contribution in [0.3, 0.4) is 0 Å². The second-order valence-electron chi connectivity index (χ2n) is 7.10. The number of nitrogens with two attached hydrogens (primary N) is 1. The summed E-state index contributed by atoms with van der Waals surface area (Å²) in [5, 5.41) is 10.6. The van der Waals surface area contributed by atoms with E-state index in [0.29, 0.717) is 10.6 Å². The Hall–Kier alpha value is -2.15. The average molecular weight is 464 g/mol. The second-order valence-corrected chi connectivity index (χ2v) is 8.87. The van der Waals surface area contributed by atoms with Crippen molar-refractivity contribution < 1.29 is 9.53 Å². The Morgan fingerprint density at radius 1 is 1.13 bits per heavy atom. The van der Waals surface area contributed by atoms with E-state index in [2.05, 4.69) is 17.1 Å². The average Bonchev–Trinajstić information content (AvgIpc) is 3.15. The number of hydrogen-bond acceptors (Lipinski definition) is 5. The lowest BCUT2D eigenvalue weighted by Crippen LogP contribution is -2.13. The predicted octanol–water partition coefficient (Wildman–Crippen LogP) is 6.25. The van der Waals surface area contributed by atoms with Crippen LogP contribution < -0.4 is 10.5 Å². The van der Waals surface area contributed by atoms with Crippen molar-refractivity contribution in [3.8, 4) is 26.9 Å². The van der Waals surface area contributed by atoms with Crippen molar-refractivity contribution in [3.05, 3.63) is 50.5 Å². The van der Waals surface area contributed by atoms with Gasteiger partial charge in [0.2, 0.25) is 0 Å². The topological polar surface area (TPSA) is 78.1 Å². The molecule has 0 aliphatic carbocycles. The van der Waals surface area contributed by atoms with Crippen molar-refractivity contribution in [2.24, 2.45) is 5.73 Å². The van der Waals surface area contributed by atoms with Crippen molar-refractivity contribution >= 4 is 40.4 Å². The molecule has 0 atom stereocenters. The molecule has 0 saturated heterocycles. The number of primary amides is 1. The number of aryl methyl sites for hydroxylation is 3. The van der Waals surface area contributed by atoms with Gasteiger partial charge in [-0.15, -0.1) is 10.2 Å². The molecule has 0 aliphatic heterocycles. The highest BCUT2D eigenvalue weighted by atomic mass is 35.5. The fourth-order valence-electron chi connectivity index (χ4n) is 3.53. The molecule has 0 saturated carbocycles. The lowest BCUT2D eigenvalue weighted by atomic mass is 9.99. The predicted molar refractivity (Wildman–Crippen MR) is 124 cm³/mol. The Labute approximate surface area is 190 Å². The molecule has 30 heavy (non-hydrogen) atoms. The molecule has 1 aromatic heterocycles. The molecule has 5 nitrogen and oxygen atoms in total. The quantitative estimate of drug-likeness (QED) is 0.449. The molecule has 158 valence electrons. The Kier molecular flexibility index (Phi) is 7.01. The highest BCUT2D eigenvalue weighted by Gasteiger charge is 2.23. The van der Waals surface area contributed by atoms with Crippen LogP contribution in [0.25, 0.3) is 21.1 Å². The zero-order valence-electron chi connectivity index (χ0n) is 17.3. The number of rotatable bonds is 7. The molecule has 3 aromatic rings. The number of unbranched alkanes of at least 4 members (excludes halogenated alkanes) is 1. The molecule has 1 amide bonds. The summed E-state index contributed by atoms with van der Waals surface area (Å²) in [4.78, 5) is 11.9. The number of benzene rings is 2. The third-order valence-electron chi connectivity index (χ3n) is 4.90. The van der Waals surface area contributed by atoms with Crippen LogP contribution in [0.1, 0.15) is 46.8 Å². The largest absolute Gasteiger partial charge is 0.496 e. The van der Waals surface area contributed by atoms with Crippen LogP contribution in [0.15, 0.2) is 18.2 Å². The Balaban J connectivity index is 2.14. The minimum Gasteiger partial charge on any atom is -0.496 e. The van der Waals surface area contributed by atoms with Crippen LogP contribution in [-0.2, 0) is 6.42 Å². The van der Waals surface area contributed by atoms with Crippen LogP contribution in [0.4, 0.5) is 0 Å². The maximum absolute atomic E-state index is 11.9. The van der Waals surface area contributed by atoms with Gasteiger partial charge >= 0.3 is 0 Å². The van der Waals surface area contributed by atoms with Gasteiger partial charge in [-0.2, -0.15) is 0 Å². The first-order valence-electron chi connectivity index (χ1n) is 9.58. The maximum Gasteiger partial charge on any atom is 0.251 e. The minimum atomic E-state index is -0.667. The number of ether oxygens (including phenoxy) is 1. The summed E-state index contributed by atoms with van der Waals surface area (Å²) in [6.45, 7) is 6.10. The van der Waals surface area contributed by atoms with Crippen LogP contribution in [0, 0.1) is 13.8 Å². The molecule has 3 rings (SSSR count). The van der Waals surface area contributed by atoms with E-state index >= 15 is 0 Å². The Morgan fingerprint density at radius 2 is 1.77 bits per heavy atom. The molecule has 8 heteroatoms. The molecular weight excluding hydrogens is 441 g/mol. The number of halogens is 2. The Bertz CT molecular complexity index is 1090. The van der Waals surface area contributed by atoms with Gasteiger partial charge in [0.05, 0.1) is 22.7 Å². The molecular formula is C22H23Cl2N3O2S. The summed E-state index contributed by atoms with van der Waals surface area (Å²) < 4.78 is 5.45. The molecule has 2 N–H and O–H groups in total. The van der Waals surface area contributed by atoms with E-state index in [1.54, 1.807) is 13.2 Å². The molecule has 0 spiro atoms. The lowest BCUT2D eigenvalue weighted by Gasteiger charge is -2.13. The second kappa shape index (κ2) is 9.33. The van der Waals surface area contributed by atoms with Gasteiger partial charge in [0, 0.05) is 11.1 Å². The number of amides is 1. The summed E-state index contributed by atoms with van der Waals surface area (Å²) in [5.41, 5.74) is 10.2. The summed E-state index contributed by atoms with van der Waals surface area (Å²) >= 11 is 14.3. The first kappa shape index (κ1) is 22.5. The van der Waals surface area contributed by atoms with Gasteiger partial charge in [-0.25, -0.2) is 0 Å². The third-order valence-corrected chi connectivity index (χ3v) is 6.56. The third kappa shape index (κ3) is 4.31. The number of nitrogens with zero attached hydrogens (tertiary/aromatic N) is 2. The number of aromatic nitrogens is 2. The van der Waals surface area contributed by atoms with E-state index in [9.17, 15) is 4.79 Å². The zero-order chi connectivity index (χ0) is 22.0. The highest BCUT2D eigenvalue weighted by Crippen LogP contribution is 2.41. The van der Waals surface area contributed by atoms with Crippen LogP contribution >= 0.6 is 34.5 Å². The van der Waals surface area contributed by atoms with Gasteiger partial charge in [0.15, 0.2) is 0 Å². The molecule has 0 bridgehead atoms. The number of carbonyl (C=O) groups excluding carboxylic acids is 1.